The fraction of sp³-hybridized carbons (Fsp3) is 0.190. The lowest BCUT2D eigenvalue weighted by Gasteiger charge is -2.14. The smallest absolute Gasteiger partial charge is 0.274 e. The second-order valence-corrected chi connectivity index (χ2v) is 6.58. The Morgan fingerprint density at radius 3 is 2.33 bits per heavy atom. The summed E-state index contributed by atoms with van der Waals surface area (Å²) in [5.74, 6) is -0.500. The molecular formula is C21H21FN4O. The molecule has 0 radical (unpaired) electrons. The number of hydrogen-bond acceptors (Lipinski definition) is 4. The van der Waals surface area contributed by atoms with Gasteiger partial charge in [0, 0.05) is 17.1 Å². The number of carbonyl (C=O) groups excluding carboxylic acids is 1. The van der Waals surface area contributed by atoms with E-state index in [2.05, 4.69) is 32.7 Å². The summed E-state index contributed by atoms with van der Waals surface area (Å²) < 4.78 is 13.3. The van der Waals surface area contributed by atoms with Crippen molar-refractivity contribution in [1.82, 2.24) is 9.97 Å². The number of halogens is 1. The van der Waals surface area contributed by atoms with Gasteiger partial charge in [-0.3, -0.25) is 4.79 Å². The summed E-state index contributed by atoms with van der Waals surface area (Å²) in [5.41, 5.74) is 5.47. The summed E-state index contributed by atoms with van der Waals surface area (Å²) in [4.78, 5) is 21.2. The SMILES string of the molecule is Cc1cc(C)c(Nc2nc(C)cc(C(=O)Nc3cccc(F)c3)n2)c(C)c1. The van der Waals surface area contributed by atoms with Gasteiger partial charge >= 0.3 is 0 Å². The van der Waals surface area contributed by atoms with Crippen LogP contribution in [-0.4, -0.2) is 15.9 Å². The molecule has 0 fully saturated rings. The number of nitrogens with zero attached hydrogens (tertiary/aromatic N) is 2. The molecular weight excluding hydrogens is 343 g/mol. The van der Waals surface area contributed by atoms with Crippen LogP contribution < -0.4 is 10.6 Å². The second-order valence-electron chi connectivity index (χ2n) is 6.58. The molecule has 0 aliphatic carbocycles. The third kappa shape index (κ3) is 4.47. The Morgan fingerprint density at radius 2 is 1.67 bits per heavy atom. The number of nitrogens with one attached hydrogen (secondary N) is 2. The van der Waals surface area contributed by atoms with E-state index in [1.807, 2.05) is 20.8 Å². The average molecular weight is 364 g/mol. The molecule has 0 aliphatic rings. The summed E-state index contributed by atoms with van der Waals surface area (Å²) in [6, 6.07) is 11.5. The molecule has 0 saturated carbocycles. The summed E-state index contributed by atoms with van der Waals surface area (Å²) in [6.45, 7) is 7.86. The Balaban J connectivity index is 1.87. The van der Waals surface area contributed by atoms with Gasteiger partial charge in [0.25, 0.3) is 5.91 Å². The number of benzene rings is 2. The van der Waals surface area contributed by atoms with Crippen LogP contribution in [0.2, 0.25) is 0 Å². The molecule has 0 saturated heterocycles. The van der Waals surface area contributed by atoms with E-state index in [0.29, 0.717) is 17.3 Å². The molecule has 0 spiro atoms. The minimum atomic E-state index is -0.425. The quantitative estimate of drug-likeness (QED) is 0.695. The molecule has 6 heteroatoms. The van der Waals surface area contributed by atoms with Gasteiger partial charge in [-0.2, -0.15) is 0 Å². The predicted molar refractivity (Wildman–Crippen MR) is 105 cm³/mol. The molecule has 2 N–H and O–H groups in total. The van der Waals surface area contributed by atoms with E-state index in [-0.39, 0.29) is 5.69 Å². The van der Waals surface area contributed by atoms with Gasteiger partial charge in [-0.25, -0.2) is 14.4 Å². The van der Waals surface area contributed by atoms with Crippen molar-refractivity contribution in [3.05, 3.63) is 76.4 Å². The average Bonchev–Trinajstić information content (AvgIpc) is 2.57. The minimum absolute atomic E-state index is 0.205. The number of amides is 1. The molecule has 138 valence electrons. The summed E-state index contributed by atoms with van der Waals surface area (Å²) in [6.07, 6.45) is 0. The van der Waals surface area contributed by atoms with Crippen LogP contribution in [0.5, 0.6) is 0 Å². The molecule has 1 amide bonds. The normalized spacial score (nSPS) is 10.6. The van der Waals surface area contributed by atoms with Crippen molar-refractivity contribution < 1.29 is 9.18 Å². The molecule has 27 heavy (non-hydrogen) atoms. The van der Waals surface area contributed by atoms with Gasteiger partial charge in [0.15, 0.2) is 0 Å². The summed E-state index contributed by atoms with van der Waals surface area (Å²) >= 11 is 0. The van der Waals surface area contributed by atoms with E-state index in [1.54, 1.807) is 19.1 Å². The van der Waals surface area contributed by atoms with Gasteiger partial charge in [-0.05, 0) is 63.1 Å². The topological polar surface area (TPSA) is 66.9 Å². The van der Waals surface area contributed by atoms with E-state index < -0.39 is 11.7 Å². The Hall–Kier alpha value is -3.28. The van der Waals surface area contributed by atoms with Crippen molar-refractivity contribution in [3.8, 4) is 0 Å². The maximum Gasteiger partial charge on any atom is 0.274 e. The first-order valence-corrected chi connectivity index (χ1v) is 8.59. The highest BCUT2D eigenvalue weighted by Crippen LogP contribution is 2.24. The van der Waals surface area contributed by atoms with E-state index in [9.17, 15) is 9.18 Å². The second kappa shape index (κ2) is 7.53. The van der Waals surface area contributed by atoms with Crippen LogP contribution in [0.25, 0.3) is 0 Å². The molecule has 0 unspecified atom stereocenters. The standard InChI is InChI=1S/C21H21FN4O/c1-12-8-13(2)19(14(3)9-12)26-21-23-15(4)10-18(25-21)20(27)24-17-7-5-6-16(22)11-17/h5-11H,1-4H3,(H,24,27)(H,23,25,26). The van der Waals surface area contributed by atoms with Crippen LogP contribution >= 0.6 is 0 Å². The highest BCUT2D eigenvalue weighted by molar-refractivity contribution is 6.03. The van der Waals surface area contributed by atoms with E-state index in [4.69, 9.17) is 0 Å². The zero-order valence-corrected chi connectivity index (χ0v) is 15.7. The third-order valence-electron chi connectivity index (χ3n) is 4.08. The van der Waals surface area contributed by atoms with E-state index in [0.717, 1.165) is 16.8 Å². The molecule has 2 aromatic carbocycles. The van der Waals surface area contributed by atoms with Crippen molar-refractivity contribution in [2.24, 2.45) is 0 Å². The minimum Gasteiger partial charge on any atom is -0.324 e. The van der Waals surface area contributed by atoms with Crippen LogP contribution in [0.1, 0.15) is 32.9 Å². The number of rotatable bonds is 4. The molecule has 1 heterocycles. The predicted octanol–water partition coefficient (Wildman–Crippen LogP) is 4.85. The van der Waals surface area contributed by atoms with Crippen LogP contribution in [0, 0.1) is 33.5 Å². The first-order chi connectivity index (χ1) is 12.8. The highest BCUT2D eigenvalue weighted by atomic mass is 19.1. The molecule has 0 atom stereocenters. The summed E-state index contributed by atoms with van der Waals surface area (Å²) in [5, 5.41) is 5.87. The van der Waals surface area contributed by atoms with Gasteiger partial charge in [-0.1, -0.05) is 23.8 Å². The Bertz CT molecular complexity index is 994. The summed E-state index contributed by atoms with van der Waals surface area (Å²) in [7, 11) is 0. The van der Waals surface area contributed by atoms with Gasteiger partial charge < -0.3 is 10.6 Å². The lowest BCUT2D eigenvalue weighted by Crippen LogP contribution is -2.15. The zero-order chi connectivity index (χ0) is 19.6. The number of carbonyl (C=O) groups is 1. The first-order valence-electron chi connectivity index (χ1n) is 8.59. The molecule has 1 aromatic heterocycles. The largest absolute Gasteiger partial charge is 0.324 e. The third-order valence-corrected chi connectivity index (χ3v) is 4.08. The van der Waals surface area contributed by atoms with Crippen molar-refractivity contribution >= 4 is 23.2 Å². The number of aromatic nitrogens is 2. The zero-order valence-electron chi connectivity index (χ0n) is 15.7. The van der Waals surface area contributed by atoms with Crippen molar-refractivity contribution in [3.63, 3.8) is 0 Å². The lowest BCUT2D eigenvalue weighted by atomic mass is 10.1. The number of anilines is 3. The molecule has 0 bridgehead atoms. The molecule has 3 rings (SSSR count). The fourth-order valence-electron chi connectivity index (χ4n) is 2.99. The number of aryl methyl sites for hydroxylation is 4. The monoisotopic (exact) mass is 364 g/mol. The van der Waals surface area contributed by atoms with E-state index in [1.165, 1.54) is 23.8 Å². The molecule has 0 aliphatic heterocycles. The highest BCUT2D eigenvalue weighted by Gasteiger charge is 2.13. The number of hydrogen-bond donors (Lipinski definition) is 2. The van der Waals surface area contributed by atoms with Crippen molar-refractivity contribution in [2.45, 2.75) is 27.7 Å². The fourth-order valence-corrected chi connectivity index (χ4v) is 2.99. The van der Waals surface area contributed by atoms with Gasteiger partial charge in [0.05, 0.1) is 0 Å². The van der Waals surface area contributed by atoms with E-state index >= 15 is 0 Å². The van der Waals surface area contributed by atoms with Crippen LogP contribution in [0.4, 0.5) is 21.7 Å². The van der Waals surface area contributed by atoms with Crippen LogP contribution in [0.15, 0.2) is 42.5 Å². The maximum atomic E-state index is 13.3. The molecule has 3 aromatic rings. The van der Waals surface area contributed by atoms with Gasteiger partial charge in [0.1, 0.15) is 11.5 Å². The van der Waals surface area contributed by atoms with Crippen molar-refractivity contribution in [2.75, 3.05) is 10.6 Å². The Labute approximate surface area is 157 Å². The lowest BCUT2D eigenvalue weighted by molar-refractivity contribution is 0.102. The maximum absolute atomic E-state index is 13.3. The first kappa shape index (κ1) is 18.5. The van der Waals surface area contributed by atoms with Crippen LogP contribution in [-0.2, 0) is 0 Å². The van der Waals surface area contributed by atoms with Crippen LogP contribution in [0.3, 0.4) is 0 Å². The van der Waals surface area contributed by atoms with Gasteiger partial charge in [0.2, 0.25) is 5.95 Å². The van der Waals surface area contributed by atoms with Gasteiger partial charge in [-0.15, -0.1) is 0 Å². The Morgan fingerprint density at radius 1 is 0.963 bits per heavy atom. The molecule has 5 nitrogen and oxygen atoms in total. The van der Waals surface area contributed by atoms with Crippen molar-refractivity contribution in [1.29, 1.82) is 0 Å². The Kier molecular flexibility index (Phi) is 5.16.